The van der Waals surface area contributed by atoms with Crippen molar-refractivity contribution in [2.45, 2.75) is 25.9 Å². The van der Waals surface area contributed by atoms with E-state index < -0.39 is 5.82 Å². The average Bonchev–Trinajstić information content (AvgIpc) is 2.68. The third-order valence-corrected chi connectivity index (χ3v) is 5.08. The zero-order valence-electron chi connectivity index (χ0n) is 15.5. The summed E-state index contributed by atoms with van der Waals surface area (Å²) < 4.78 is 24.0. The van der Waals surface area contributed by atoms with Gasteiger partial charge in [-0.2, -0.15) is 0 Å². The van der Waals surface area contributed by atoms with E-state index in [9.17, 15) is 9.18 Å². The molecule has 2 aromatic rings. The lowest BCUT2D eigenvalue weighted by Crippen LogP contribution is -2.43. The summed E-state index contributed by atoms with van der Waals surface area (Å²) in [5.41, 5.74) is 2.93. The number of carbonyl (C=O) groups excluding carboxylic acids is 1. The Hall–Kier alpha value is -2.47. The molecule has 0 saturated carbocycles. The van der Waals surface area contributed by atoms with Gasteiger partial charge >= 0.3 is 6.03 Å². The van der Waals surface area contributed by atoms with Crippen molar-refractivity contribution in [1.29, 1.82) is 0 Å². The summed E-state index contributed by atoms with van der Waals surface area (Å²) >= 11 is 5.83. The van der Waals surface area contributed by atoms with Crippen molar-refractivity contribution in [3.05, 3.63) is 57.9 Å². The number of methoxy groups -OCH3 is 2. The Labute approximate surface area is 163 Å². The van der Waals surface area contributed by atoms with Crippen LogP contribution in [0.1, 0.15) is 29.7 Å². The highest BCUT2D eigenvalue weighted by molar-refractivity contribution is 6.30. The molecular weight excluding hydrogens is 371 g/mol. The fraction of sp³-hybridized carbons (Fsp3) is 0.350. The van der Waals surface area contributed by atoms with E-state index in [4.69, 9.17) is 21.1 Å². The number of urea groups is 1. The molecule has 2 amide bonds. The van der Waals surface area contributed by atoms with Crippen LogP contribution in [0.5, 0.6) is 11.5 Å². The van der Waals surface area contributed by atoms with Crippen molar-refractivity contribution >= 4 is 17.6 Å². The van der Waals surface area contributed by atoms with Crippen LogP contribution in [-0.4, -0.2) is 31.7 Å². The maximum atomic E-state index is 13.3. The van der Waals surface area contributed by atoms with Crippen molar-refractivity contribution < 1.29 is 18.7 Å². The number of rotatable bonds is 4. The van der Waals surface area contributed by atoms with Gasteiger partial charge in [-0.25, -0.2) is 9.18 Å². The number of ether oxygens (including phenoxy) is 2. The fourth-order valence-electron chi connectivity index (χ4n) is 3.20. The summed E-state index contributed by atoms with van der Waals surface area (Å²) in [5, 5.41) is 2.99. The molecule has 0 radical (unpaired) electrons. The van der Waals surface area contributed by atoms with Crippen molar-refractivity contribution in [3.63, 3.8) is 0 Å². The molecule has 0 bridgehead atoms. The number of nitrogens with zero attached hydrogens (tertiary/aromatic N) is 1. The quantitative estimate of drug-likeness (QED) is 0.842. The summed E-state index contributed by atoms with van der Waals surface area (Å²) in [6, 6.07) is 7.87. The minimum absolute atomic E-state index is 0.0431. The van der Waals surface area contributed by atoms with Crippen LogP contribution in [0.4, 0.5) is 9.18 Å². The van der Waals surface area contributed by atoms with Gasteiger partial charge in [0.15, 0.2) is 11.5 Å². The second-order valence-corrected chi connectivity index (χ2v) is 6.90. The highest BCUT2D eigenvalue weighted by Gasteiger charge is 2.24. The predicted octanol–water partition coefficient (Wildman–Crippen LogP) is 4.33. The Morgan fingerprint density at radius 3 is 2.48 bits per heavy atom. The summed E-state index contributed by atoms with van der Waals surface area (Å²) in [6.45, 7) is 2.93. The highest BCUT2D eigenvalue weighted by Crippen LogP contribution is 2.33. The van der Waals surface area contributed by atoms with Crippen molar-refractivity contribution in [3.8, 4) is 11.5 Å². The van der Waals surface area contributed by atoms with Gasteiger partial charge in [-0.15, -0.1) is 0 Å². The Kier molecular flexibility index (Phi) is 5.75. The molecule has 0 fully saturated rings. The van der Waals surface area contributed by atoms with Crippen LogP contribution in [0.3, 0.4) is 0 Å². The van der Waals surface area contributed by atoms with E-state index in [2.05, 4.69) is 5.32 Å². The van der Waals surface area contributed by atoms with Crippen molar-refractivity contribution in [1.82, 2.24) is 10.2 Å². The zero-order valence-corrected chi connectivity index (χ0v) is 16.3. The topological polar surface area (TPSA) is 50.8 Å². The molecule has 0 saturated heterocycles. The van der Waals surface area contributed by atoms with Crippen LogP contribution in [-0.2, 0) is 13.0 Å². The lowest BCUT2D eigenvalue weighted by Gasteiger charge is -2.31. The maximum absolute atomic E-state index is 13.3. The standard InChI is InChI=1S/C20H22ClFN2O3/c1-12(13-4-5-17(22)16(21)8-13)23-20(25)24-7-6-14-9-18(26-2)19(27-3)10-15(14)11-24/h4-5,8-10,12H,6-7,11H2,1-3H3,(H,23,25). The Morgan fingerprint density at radius 1 is 1.19 bits per heavy atom. The third kappa shape index (κ3) is 4.11. The molecule has 1 aliphatic heterocycles. The van der Waals surface area contributed by atoms with Gasteiger partial charge < -0.3 is 19.7 Å². The summed E-state index contributed by atoms with van der Waals surface area (Å²) in [6.07, 6.45) is 0.736. The molecule has 5 nitrogen and oxygen atoms in total. The largest absolute Gasteiger partial charge is 0.493 e. The molecule has 1 atom stereocenters. The summed E-state index contributed by atoms with van der Waals surface area (Å²) in [5.74, 6) is 0.861. The molecule has 27 heavy (non-hydrogen) atoms. The van der Waals surface area contributed by atoms with E-state index in [0.717, 1.165) is 23.1 Å². The number of hydrogen-bond donors (Lipinski definition) is 1. The number of fused-ring (bicyclic) bond motifs is 1. The van der Waals surface area contributed by atoms with E-state index in [1.807, 2.05) is 19.1 Å². The fourth-order valence-corrected chi connectivity index (χ4v) is 3.39. The van der Waals surface area contributed by atoms with Crippen LogP contribution in [0.15, 0.2) is 30.3 Å². The number of amides is 2. The van der Waals surface area contributed by atoms with Gasteiger partial charge in [0.05, 0.1) is 25.3 Å². The molecule has 144 valence electrons. The molecule has 1 aliphatic rings. The number of benzene rings is 2. The Balaban J connectivity index is 1.70. The van der Waals surface area contributed by atoms with Crippen LogP contribution in [0, 0.1) is 5.82 Å². The minimum Gasteiger partial charge on any atom is -0.493 e. The first-order valence-corrected chi connectivity index (χ1v) is 9.05. The average molecular weight is 393 g/mol. The van der Waals surface area contributed by atoms with Crippen LogP contribution in [0.25, 0.3) is 0 Å². The summed E-state index contributed by atoms with van der Waals surface area (Å²) in [4.78, 5) is 14.4. The predicted molar refractivity (Wildman–Crippen MR) is 102 cm³/mol. The van der Waals surface area contributed by atoms with Gasteiger partial charge in [-0.05, 0) is 54.3 Å². The van der Waals surface area contributed by atoms with Gasteiger partial charge in [-0.3, -0.25) is 0 Å². The van der Waals surface area contributed by atoms with E-state index >= 15 is 0 Å². The molecule has 0 aliphatic carbocycles. The first-order chi connectivity index (χ1) is 12.9. The molecule has 2 aromatic carbocycles. The van der Waals surface area contributed by atoms with Gasteiger partial charge in [0.2, 0.25) is 0 Å². The monoisotopic (exact) mass is 392 g/mol. The maximum Gasteiger partial charge on any atom is 0.318 e. The second kappa shape index (κ2) is 8.05. The molecule has 1 heterocycles. The zero-order chi connectivity index (χ0) is 19.6. The van der Waals surface area contributed by atoms with Gasteiger partial charge in [0.25, 0.3) is 0 Å². The molecule has 1 unspecified atom stereocenters. The van der Waals surface area contributed by atoms with Crippen molar-refractivity contribution in [2.75, 3.05) is 20.8 Å². The van der Waals surface area contributed by atoms with E-state index in [1.54, 1.807) is 25.2 Å². The third-order valence-electron chi connectivity index (χ3n) is 4.79. The van der Waals surface area contributed by atoms with Crippen LogP contribution >= 0.6 is 11.6 Å². The summed E-state index contributed by atoms with van der Waals surface area (Å²) in [7, 11) is 3.20. The number of carbonyl (C=O) groups is 1. The Morgan fingerprint density at radius 2 is 1.85 bits per heavy atom. The SMILES string of the molecule is COc1cc2c(cc1OC)CN(C(=O)NC(C)c1ccc(F)c(Cl)c1)CC2. The molecule has 1 N–H and O–H groups in total. The van der Waals surface area contributed by atoms with Crippen LogP contribution < -0.4 is 14.8 Å². The number of hydrogen-bond acceptors (Lipinski definition) is 3. The van der Waals surface area contributed by atoms with Gasteiger partial charge in [-0.1, -0.05) is 17.7 Å². The molecule has 0 spiro atoms. The van der Waals surface area contributed by atoms with Crippen molar-refractivity contribution in [2.24, 2.45) is 0 Å². The Bertz CT molecular complexity index is 859. The van der Waals surface area contributed by atoms with E-state index in [1.165, 1.54) is 12.1 Å². The number of nitrogens with one attached hydrogen (secondary N) is 1. The second-order valence-electron chi connectivity index (χ2n) is 6.49. The van der Waals surface area contributed by atoms with Gasteiger partial charge in [0, 0.05) is 13.1 Å². The molecule has 0 aromatic heterocycles. The van der Waals surface area contributed by atoms with Gasteiger partial charge in [0.1, 0.15) is 5.82 Å². The minimum atomic E-state index is -0.476. The molecule has 3 rings (SSSR count). The lowest BCUT2D eigenvalue weighted by atomic mass is 9.99. The lowest BCUT2D eigenvalue weighted by molar-refractivity contribution is 0.189. The molecule has 7 heteroatoms. The number of halogens is 2. The smallest absolute Gasteiger partial charge is 0.318 e. The first-order valence-electron chi connectivity index (χ1n) is 8.67. The van der Waals surface area contributed by atoms with Crippen LogP contribution in [0.2, 0.25) is 5.02 Å². The molecular formula is C20H22ClFN2O3. The first kappa shape index (κ1) is 19.3. The van der Waals surface area contributed by atoms with E-state index in [0.29, 0.717) is 24.6 Å². The normalized spacial score (nSPS) is 14.3. The highest BCUT2D eigenvalue weighted by atomic mass is 35.5. The van der Waals surface area contributed by atoms with E-state index in [-0.39, 0.29) is 17.1 Å².